The van der Waals surface area contributed by atoms with E-state index in [1.807, 2.05) is 45.2 Å². The molecular formula is C43H64FI2N13O7. The van der Waals surface area contributed by atoms with Crippen LogP contribution in [0.3, 0.4) is 0 Å². The Morgan fingerprint density at radius 1 is 0.652 bits per heavy atom. The van der Waals surface area contributed by atoms with Gasteiger partial charge in [0.15, 0.2) is 11.9 Å². The predicted molar refractivity (Wildman–Crippen MR) is 265 cm³/mol. The van der Waals surface area contributed by atoms with Crippen molar-refractivity contribution < 1.29 is 38.3 Å². The molecule has 2 aromatic rings. The molecule has 20 nitrogen and oxygen atoms in total. The molecule has 364 valence electrons. The Labute approximate surface area is 411 Å². The summed E-state index contributed by atoms with van der Waals surface area (Å²) in [4.78, 5) is 90.4. The van der Waals surface area contributed by atoms with Crippen LogP contribution in [0.1, 0.15) is 88.7 Å². The first-order chi connectivity index (χ1) is 31.2. The van der Waals surface area contributed by atoms with Crippen molar-refractivity contribution in [2.45, 2.75) is 127 Å². The van der Waals surface area contributed by atoms with E-state index in [2.05, 4.69) is 36.6 Å². The maximum absolute atomic E-state index is 14.5. The largest absolute Gasteiger partial charge is 0.506 e. The molecular weight excluding hydrogens is 1080 g/mol. The number of primary amides is 1. The molecule has 23 heteroatoms. The molecule has 1 fully saturated rings. The Morgan fingerprint density at radius 2 is 1.11 bits per heavy atom. The molecule has 66 heavy (non-hydrogen) atoms. The number of rotatable bonds is 26. The Morgan fingerprint density at radius 3 is 1.64 bits per heavy atom. The summed E-state index contributed by atoms with van der Waals surface area (Å²) in [6.45, 7) is 1.80. The van der Waals surface area contributed by atoms with E-state index in [1.165, 1.54) is 31.2 Å². The Bertz CT molecular complexity index is 2010. The normalized spacial score (nSPS) is 15.3. The number of nitrogens with two attached hydrogens (primary N) is 6. The number of benzene rings is 2. The highest BCUT2D eigenvalue weighted by Crippen LogP contribution is 2.29. The highest BCUT2D eigenvalue weighted by molar-refractivity contribution is 14.1. The highest BCUT2D eigenvalue weighted by Gasteiger charge is 2.34. The molecule has 0 saturated heterocycles. The second kappa shape index (κ2) is 28.2. The van der Waals surface area contributed by atoms with E-state index >= 15 is 0 Å². The van der Waals surface area contributed by atoms with Crippen molar-refractivity contribution >= 4 is 92.5 Å². The lowest BCUT2D eigenvalue weighted by molar-refractivity contribution is -0.135. The van der Waals surface area contributed by atoms with Gasteiger partial charge in [-0.15, -0.1) is 0 Å². The van der Waals surface area contributed by atoms with Crippen molar-refractivity contribution in [1.82, 2.24) is 26.6 Å². The summed E-state index contributed by atoms with van der Waals surface area (Å²) >= 11 is 3.91. The third-order valence-electron chi connectivity index (χ3n) is 10.9. The standard InChI is InChI=1S/C43H64FI2N13O7/c1-23(47)37(62)58-33(21-25-12-14-27(44)15-13-25)40(65)56-31(11-7-17-54-43(51)52)39(64)59-34(20-24-8-3-2-4-9-24)41(66)55-30(10-5-6-16-53-42(49)50)38(63)57-32(36(48)61)22-26-18-28(45)35(60)29(46)19-26/h12-15,18-19,23-24,30-34,60H,2-11,16-17,20-22,47H2,1H3,(H2,48,61)(H,55,66)(H,56,65)(H,57,63)(H,58,62)(H,59,64)(H4,49,50,53)(H4,51,52,54)/t23-,30-,31-,32?,33-,34-/m0/s1. The van der Waals surface area contributed by atoms with Crippen LogP contribution in [0.4, 0.5) is 4.39 Å². The van der Waals surface area contributed by atoms with Crippen molar-refractivity contribution in [2.24, 2.45) is 50.3 Å². The van der Waals surface area contributed by atoms with Gasteiger partial charge in [0.1, 0.15) is 41.8 Å². The van der Waals surface area contributed by atoms with Gasteiger partial charge < -0.3 is 66.1 Å². The number of amides is 6. The second-order valence-electron chi connectivity index (χ2n) is 16.4. The van der Waals surface area contributed by atoms with E-state index in [4.69, 9.17) is 34.4 Å². The number of nitrogens with one attached hydrogen (secondary N) is 5. The zero-order chi connectivity index (χ0) is 48.9. The first-order valence-electron chi connectivity index (χ1n) is 21.8. The van der Waals surface area contributed by atoms with Gasteiger partial charge in [0.2, 0.25) is 35.4 Å². The summed E-state index contributed by atoms with van der Waals surface area (Å²) in [5.74, 6) is -4.99. The van der Waals surface area contributed by atoms with Crippen LogP contribution >= 0.6 is 45.2 Å². The van der Waals surface area contributed by atoms with E-state index in [9.17, 15) is 38.3 Å². The fourth-order valence-corrected chi connectivity index (χ4v) is 9.25. The number of halogens is 3. The van der Waals surface area contributed by atoms with Crippen LogP contribution in [-0.4, -0.2) is 102 Å². The number of hydrogen-bond acceptors (Lipinski definition) is 10. The molecule has 0 aromatic heterocycles. The van der Waals surface area contributed by atoms with Gasteiger partial charge in [-0.1, -0.05) is 44.2 Å². The molecule has 2 aromatic carbocycles. The van der Waals surface area contributed by atoms with Crippen LogP contribution in [-0.2, 0) is 41.6 Å². The molecule has 0 bridgehead atoms. The van der Waals surface area contributed by atoms with Gasteiger partial charge in [0.25, 0.3) is 0 Å². The molecule has 1 aliphatic carbocycles. The van der Waals surface area contributed by atoms with E-state index in [0.717, 1.165) is 32.1 Å². The Balaban J connectivity index is 1.94. The summed E-state index contributed by atoms with van der Waals surface area (Å²) < 4.78 is 14.8. The van der Waals surface area contributed by atoms with E-state index in [0.29, 0.717) is 31.1 Å². The number of carbonyl (C=O) groups is 6. The smallest absolute Gasteiger partial charge is 0.243 e. The van der Waals surface area contributed by atoms with Gasteiger partial charge in [-0.3, -0.25) is 38.8 Å². The number of unbranched alkanes of at least 4 members (excludes halogenated alkanes) is 1. The van der Waals surface area contributed by atoms with Gasteiger partial charge >= 0.3 is 0 Å². The van der Waals surface area contributed by atoms with Crippen molar-refractivity contribution in [3.05, 3.63) is 60.5 Å². The van der Waals surface area contributed by atoms with E-state index < -0.39 is 77.5 Å². The third kappa shape index (κ3) is 19.8. The number of guanidine groups is 2. The molecule has 0 heterocycles. The van der Waals surface area contributed by atoms with E-state index in [1.54, 1.807) is 12.1 Å². The number of carbonyl (C=O) groups excluding carboxylic acids is 6. The van der Waals surface area contributed by atoms with Gasteiger partial charge in [-0.2, -0.15) is 0 Å². The monoisotopic (exact) mass is 1150 g/mol. The SMILES string of the molecule is C[C@H](N)C(=O)N[C@@H](Cc1ccc(F)cc1)C(=O)N[C@@H](CCCN=C(N)N)C(=O)N[C@@H](CC1CCCCC1)C(=O)N[C@@H](CCCCN=C(N)N)C(=O)NC(Cc1cc(I)c(O)c(I)c1)C(N)=O. The minimum absolute atomic E-state index is 0.00506. The quantitative estimate of drug-likeness (QED) is 0.0261. The lowest BCUT2D eigenvalue weighted by Gasteiger charge is -2.30. The number of aromatic hydroxyl groups is 1. The number of hydrogen-bond donors (Lipinski definition) is 12. The molecule has 1 aliphatic rings. The third-order valence-corrected chi connectivity index (χ3v) is 12.6. The van der Waals surface area contributed by atoms with Gasteiger partial charge in [-0.05, 0) is 132 Å². The van der Waals surface area contributed by atoms with Crippen LogP contribution in [0.25, 0.3) is 0 Å². The van der Waals surface area contributed by atoms with Crippen molar-refractivity contribution in [2.75, 3.05) is 13.1 Å². The zero-order valence-electron chi connectivity index (χ0n) is 37.0. The van der Waals surface area contributed by atoms with Crippen LogP contribution in [0.2, 0.25) is 0 Å². The van der Waals surface area contributed by atoms with Crippen LogP contribution in [0, 0.1) is 18.9 Å². The maximum Gasteiger partial charge on any atom is 0.243 e. The lowest BCUT2D eigenvalue weighted by atomic mass is 9.84. The second-order valence-corrected chi connectivity index (χ2v) is 18.8. The van der Waals surface area contributed by atoms with Crippen molar-refractivity contribution in [1.29, 1.82) is 0 Å². The van der Waals surface area contributed by atoms with Crippen molar-refractivity contribution in [3.63, 3.8) is 0 Å². The molecule has 0 radical (unpaired) electrons. The van der Waals surface area contributed by atoms with Crippen LogP contribution < -0.4 is 61.0 Å². The van der Waals surface area contributed by atoms with Crippen molar-refractivity contribution in [3.8, 4) is 5.75 Å². The molecule has 3 rings (SSSR count). The summed E-state index contributed by atoms with van der Waals surface area (Å²) in [6.07, 6.45) is 5.73. The molecule has 0 spiro atoms. The summed E-state index contributed by atoms with van der Waals surface area (Å²) in [5.41, 5.74) is 34.7. The molecule has 1 unspecified atom stereocenters. The Hall–Kier alpha value is -5.05. The molecule has 18 N–H and O–H groups in total. The minimum Gasteiger partial charge on any atom is -0.506 e. The van der Waals surface area contributed by atoms with Crippen LogP contribution in [0.15, 0.2) is 46.4 Å². The van der Waals surface area contributed by atoms with Gasteiger partial charge in [0.05, 0.1) is 13.2 Å². The molecule has 6 amide bonds. The highest BCUT2D eigenvalue weighted by atomic mass is 127. The fourth-order valence-electron chi connectivity index (χ4n) is 7.35. The summed E-state index contributed by atoms with van der Waals surface area (Å²) in [7, 11) is 0. The molecule has 1 saturated carbocycles. The fraction of sp³-hybridized carbons (Fsp3) is 0.535. The number of aliphatic imine (C=N–C) groups is 2. The lowest BCUT2D eigenvalue weighted by Crippen LogP contribution is -2.60. The van der Waals surface area contributed by atoms with E-state index in [-0.39, 0.29) is 75.2 Å². The molecule has 6 atom stereocenters. The summed E-state index contributed by atoms with van der Waals surface area (Å²) in [5, 5.41) is 23.9. The first-order valence-corrected chi connectivity index (χ1v) is 24.0. The zero-order valence-corrected chi connectivity index (χ0v) is 41.3. The average Bonchev–Trinajstić information content (AvgIpc) is 3.25. The summed E-state index contributed by atoms with van der Waals surface area (Å²) in [6, 6.07) is 1.61. The first kappa shape index (κ1) is 55.3. The van der Waals surface area contributed by atoms with Crippen LogP contribution in [0.5, 0.6) is 5.75 Å². The predicted octanol–water partition coefficient (Wildman–Crippen LogP) is 0.250. The maximum atomic E-state index is 14.5. The van der Waals surface area contributed by atoms with Gasteiger partial charge in [-0.25, -0.2) is 4.39 Å². The van der Waals surface area contributed by atoms with Gasteiger partial charge in [0, 0.05) is 25.9 Å². The average molecular weight is 1150 g/mol. The minimum atomic E-state index is -1.27. The Kier molecular flexibility index (Phi) is 23.6. The number of phenols is 1. The number of phenolic OH excluding ortho intramolecular Hbond substituents is 1. The topological polar surface area (TPSA) is 364 Å². The number of nitrogens with zero attached hydrogens (tertiary/aromatic N) is 2. The molecule has 0 aliphatic heterocycles.